The molecule has 0 amide bonds. The average Bonchev–Trinajstić information content (AvgIpc) is 2.32. The van der Waals surface area contributed by atoms with E-state index in [9.17, 15) is 8.42 Å². The van der Waals surface area contributed by atoms with Crippen LogP contribution in [0.2, 0.25) is 0 Å². The van der Waals surface area contributed by atoms with Crippen molar-refractivity contribution < 1.29 is 8.42 Å². The van der Waals surface area contributed by atoms with Crippen LogP contribution in [0.3, 0.4) is 0 Å². The van der Waals surface area contributed by atoms with Crippen molar-refractivity contribution in [3.8, 4) is 0 Å². The predicted octanol–water partition coefficient (Wildman–Crippen LogP) is 2.70. The van der Waals surface area contributed by atoms with Crippen LogP contribution >= 0.6 is 10.7 Å². The fourth-order valence-corrected chi connectivity index (χ4v) is 1.69. The molecule has 0 bridgehead atoms. The van der Waals surface area contributed by atoms with Crippen LogP contribution in [0.1, 0.15) is 0 Å². The van der Waals surface area contributed by atoms with E-state index >= 15 is 0 Å². The molecule has 0 saturated heterocycles. The number of halogens is 1. The van der Waals surface area contributed by atoms with Gasteiger partial charge in [-0.2, -0.15) is 0 Å². The van der Waals surface area contributed by atoms with Crippen molar-refractivity contribution in [2.75, 3.05) is 0 Å². The molecule has 0 radical (unpaired) electrons. The van der Waals surface area contributed by atoms with E-state index in [0.29, 0.717) is 0 Å². The number of benzene rings is 1. The van der Waals surface area contributed by atoms with Crippen molar-refractivity contribution in [1.29, 1.82) is 0 Å². The molecule has 0 fully saturated rings. The van der Waals surface area contributed by atoms with E-state index in [0.717, 1.165) is 0 Å². The van der Waals surface area contributed by atoms with Gasteiger partial charge < -0.3 is 0 Å². The third-order valence-electron chi connectivity index (χ3n) is 1.59. The third kappa shape index (κ3) is 4.91. The van der Waals surface area contributed by atoms with Crippen LogP contribution in [0.15, 0.2) is 65.8 Å². The average molecular weight is 256 g/mol. The summed E-state index contributed by atoms with van der Waals surface area (Å²) in [5.41, 5.74) is 0. The standard InChI is InChI=1S/C6H5ClO2S.C5H5N/c7-10(8,9)6-4-2-1-3-5-6;1-2-4-6-5-3-1/h1-5H;1-5H. The molecular weight excluding hydrogens is 246 g/mol. The highest BCUT2D eigenvalue weighted by Gasteiger charge is 2.06. The Balaban J connectivity index is 0.000000181. The lowest BCUT2D eigenvalue weighted by Crippen LogP contribution is -1.87. The van der Waals surface area contributed by atoms with Gasteiger partial charge in [0.25, 0.3) is 9.05 Å². The molecule has 2 rings (SSSR count). The van der Waals surface area contributed by atoms with Gasteiger partial charge in [-0.05, 0) is 24.3 Å². The molecule has 84 valence electrons. The minimum atomic E-state index is -3.53. The van der Waals surface area contributed by atoms with Gasteiger partial charge in [-0.1, -0.05) is 24.3 Å². The van der Waals surface area contributed by atoms with Crippen molar-refractivity contribution in [1.82, 2.24) is 4.98 Å². The van der Waals surface area contributed by atoms with Gasteiger partial charge in [0.15, 0.2) is 0 Å². The Morgan fingerprint density at radius 3 is 1.62 bits per heavy atom. The lowest BCUT2D eigenvalue weighted by molar-refractivity contribution is 0.609. The minimum Gasteiger partial charge on any atom is -0.265 e. The number of pyridine rings is 1. The molecule has 1 aromatic heterocycles. The molecule has 5 heteroatoms. The number of hydrogen-bond acceptors (Lipinski definition) is 3. The first-order valence-corrected chi connectivity index (χ1v) is 6.76. The van der Waals surface area contributed by atoms with Crippen LogP contribution in [-0.4, -0.2) is 13.4 Å². The van der Waals surface area contributed by atoms with Gasteiger partial charge >= 0.3 is 0 Å². The highest BCUT2D eigenvalue weighted by molar-refractivity contribution is 8.13. The second kappa shape index (κ2) is 6.25. The van der Waals surface area contributed by atoms with Crippen molar-refractivity contribution >= 4 is 19.7 Å². The molecule has 0 unspecified atom stereocenters. The van der Waals surface area contributed by atoms with Gasteiger partial charge in [-0.15, -0.1) is 0 Å². The topological polar surface area (TPSA) is 47.0 Å². The van der Waals surface area contributed by atoms with Crippen molar-refractivity contribution in [2.45, 2.75) is 4.90 Å². The molecule has 0 aliphatic heterocycles. The van der Waals surface area contributed by atoms with Gasteiger partial charge in [0.1, 0.15) is 0 Å². The quantitative estimate of drug-likeness (QED) is 0.736. The van der Waals surface area contributed by atoms with Crippen LogP contribution in [0.25, 0.3) is 0 Å². The van der Waals surface area contributed by atoms with Gasteiger partial charge in [-0.25, -0.2) is 8.42 Å². The van der Waals surface area contributed by atoms with Crippen LogP contribution in [0, 0.1) is 0 Å². The van der Waals surface area contributed by atoms with Crippen LogP contribution < -0.4 is 0 Å². The summed E-state index contributed by atoms with van der Waals surface area (Å²) in [6, 6.07) is 13.6. The second-order valence-electron chi connectivity index (χ2n) is 2.78. The lowest BCUT2D eigenvalue weighted by atomic mass is 10.4. The van der Waals surface area contributed by atoms with Crippen molar-refractivity contribution in [3.05, 3.63) is 60.9 Å². The van der Waals surface area contributed by atoms with Gasteiger partial charge in [0.2, 0.25) is 0 Å². The molecule has 0 aliphatic carbocycles. The highest BCUT2D eigenvalue weighted by Crippen LogP contribution is 2.12. The molecule has 1 heterocycles. The maximum atomic E-state index is 10.6. The zero-order valence-corrected chi connectivity index (χ0v) is 9.90. The zero-order valence-electron chi connectivity index (χ0n) is 8.32. The SMILES string of the molecule is O=S(=O)(Cl)c1ccccc1.c1ccncc1. The van der Waals surface area contributed by atoms with E-state index in [1.807, 2.05) is 18.2 Å². The highest BCUT2D eigenvalue weighted by atomic mass is 35.7. The number of aromatic nitrogens is 1. The minimum absolute atomic E-state index is 0.136. The molecule has 16 heavy (non-hydrogen) atoms. The van der Waals surface area contributed by atoms with Crippen molar-refractivity contribution in [2.24, 2.45) is 0 Å². The van der Waals surface area contributed by atoms with E-state index < -0.39 is 9.05 Å². The summed E-state index contributed by atoms with van der Waals surface area (Å²) in [5.74, 6) is 0. The largest absolute Gasteiger partial charge is 0.265 e. The Morgan fingerprint density at radius 2 is 1.38 bits per heavy atom. The Bertz CT molecular complexity index is 473. The zero-order chi connectivity index (χ0) is 11.9. The Kier molecular flexibility index (Phi) is 4.95. The fourth-order valence-electron chi connectivity index (χ4n) is 0.896. The Hall–Kier alpha value is -1.39. The van der Waals surface area contributed by atoms with Gasteiger partial charge in [0, 0.05) is 23.1 Å². The molecule has 0 spiro atoms. The summed E-state index contributed by atoms with van der Waals surface area (Å²) in [7, 11) is 1.50. The lowest BCUT2D eigenvalue weighted by Gasteiger charge is -1.91. The first-order valence-electron chi connectivity index (χ1n) is 4.45. The van der Waals surface area contributed by atoms with Gasteiger partial charge in [-0.3, -0.25) is 4.98 Å². The van der Waals surface area contributed by atoms with Crippen LogP contribution in [0.4, 0.5) is 0 Å². The molecule has 0 saturated carbocycles. The predicted molar refractivity (Wildman–Crippen MR) is 63.7 cm³/mol. The molecule has 2 aromatic rings. The second-order valence-corrected chi connectivity index (χ2v) is 5.34. The number of nitrogens with zero attached hydrogens (tertiary/aromatic N) is 1. The number of hydrogen-bond donors (Lipinski definition) is 0. The molecule has 3 nitrogen and oxygen atoms in total. The Labute approximate surface area is 99.1 Å². The van der Waals surface area contributed by atoms with Gasteiger partial charge in [0.05, 0.1) is 4.90 Å². The van der Waals surface area contributed by atoms with E-state index in [2.05, 4.69) is 4.98 Å². The summed E-state index contributed by atoms with van der Waals surface area (Å²) < 4.78 is 21.2. The van der Waals surface area contributed by atoms with Crippen molar-refractivity contribution in [3.63, 3.8) is 0 Å². The smallest absolute Gasteiger partial charge is 0.261 e. The summed E-state index contributed by atoms with van der Waals surface area (Å²) in [4.78, 5) is 3.92. The molecule has 0 aliphatic rings. The summed E-state index contributed by atoms with van der Waals surface area (Å²) in [6.45, 7) is 0. The van der Waals surface area contributed by atoms with Crippen LogP contribution in [-0.2, 0) is 9.05 Å². The van der Waals surface area contributed by atoms with E-state index in [-0.39, 0.29) is 4.90 Å². The van der Waals surface area contributed by atoms with E-state index in [1.54, 1.807) is 30.6 Å². The molecule has 0 N–H and O–H groups in total. The molecule has 0 atom stereocenters. The van der Waals surface area contributed by atoms with Crippen LogP contribution in [0.5, 0.6) is 0 Å². The van der Waals surface area contributed by atoms with E-state index in [4.69, 9.17) is 10.7 Å². The number of rotatable bonds is 1. The monoisotopic (exact) mass is 255 g/mol. The molecule has 1 aromatic carbocycles. The maximum Gasteiger partial charge on any atom is 0.261 e. The maximum absolute atomic E-state index is 10.6. The summed E-state index contributed by atoms with van der Waals surface area (Å²) in [5, 5.41) is 0. The molecular formula is C11H10ClNO2S. The van der Waals surface area contributed by atoms with E-state index in [1.165, 1.54) is 12.1 Å². The normalized spacial score (nSPS) is 10.1. The fraction of sp³-hybridized carbons (Fsp3) is 0. The summed E-state index contributed by atoms with van der Waals surface area (Å²) in [6.07, 6.45) is 3.50. The Morgan fingerprint density at radius 1 is 0.875 bits per heavy atom. The first kappa shape index (κ1) is 12.7. The summed E-state index contributed by atoms with van der Waals surface area (Å²) >= 11 is 0. The first-order chi connectivity index (χ1) is 7.61. The third-order valence-corrected chi connectivity index (χ3v) is 2.96.